The van der Waals surface area contributed by atoms with Crippen LogP contribution in [0.1, 0.15) is 42.9 Å². The highest BCUT2D eigenvalue weighted by atomic mass is 19.1. The van der Waals surface area contributed by atoms with Gasteiger partial charge in [-0.05, 0) is 61.9 Å². The first-order chi connectivity index (χ1) is 17.5. The number of alkyl carbamates (subject to hydrolysis) is 1. The van der Waals surface area contributed by atoms with E-state index < -0.39 is 23.8 Å². The number of ether oxygens (including phenoxy) is 2. The van der Waals surface area contributed by atoms with Crippen molar-refractivity contribution in [2.45, 2.75) is 43.9 Å². The molecule has 0 radical (unpaired) electrons. The van der Waals surface area contributed by atoms with Gasteiger partial charge in [-0.25, -0.2) is 18.6 Å². The number of methoxy groups -OCH3 is 1. The van der Waals surface area contributed by atoms with Crippen LogP contribution >= 0.6 is 0 Å². The molecule has 2 aromatic heterocycles. The lowest BCUT2D eigenvalue weighted by atomic mass is 9.78. The van der Waals surface area contributed by atoms with Crippen molar-refractivity contribution >= 4 is 23.2 Å². The van der Waals surface area contributed by atoms with Crippen LogP contribution in [0.2, 0.25) is 0 Å². The number of aromatic nitrogens is 2. The largest absolute Gasteiger partial charge is 0.481 e. The molecule has 1 aromatic carbocycles. The predicted molar refractivity (Wildman–Crippen MR) is 131 cm³/mol. The standard InChI is InChI=1S/C27H28F2N4O3/c1-35-23-11-10-22-25(32-23)20(12-14-31-22)26-24(33-27(34)36-26)16-4-7-19(8-5-16)30-13-2-3-17-15-18(28)6-9-21(17)29/h2-3,6,9-12,14-16,19,24,26,30H,4-5,7-8,13H2,1H3,(H,33,34)/t16?,19?,24-,26-/m0/s1. The number of hydrogen-bond acceptors (Lipinski definition) is 6. The molecule has 36 heavy (non-hydrogen) atoms. The summed E-state index contributed by atoms with van der Waals surface area (Å²) in [6.45, 7) is 0.563. The van der Waals surface area contributed by atoms with E-state index in [4.69, 9.17) is 9.47 Å². The molecule has 2 aliphatic rings. The minimum absolute atomic E-state index is 0.159. The third-order valence-corrected chi connectivity index (χ3v) is 7.01. The molecule has 2 atom stereocenters. The molecule has 0 bridgehead atoms. The second-order valence-corrected chi connectivity index (χ2v) is 9.21. The van der Waals surface area contributed by atoms with Gasteiger partial charge in [-0.2, -0.15) is 0 Å². The maximum Gasteiger partial charge on any atom is 0.408 e. The van der Waals surface area contributed by atoms with Gasteiger partial charge in [0.15, 0.2) is 6.10 Å². The minimum Gasteiger partial charge on any atom is -0.481 e. The Bertz CT molecular complexity index is 1280. The van der Waals surface area contributed by atoms with Gasteiger partial charge in [0.05, 0.1) is 24.2 Å². The maximum absolute atomic E-state index is 13.8. The molecule has 1 saturated carbocycles. The highest BCUT2D eigenvalue weighted by molar-refractivity contribution is 5.80. The molecule has 0 spiro atoms. The van der Waals surface area contributed by atoms with E-state index in [1.54, 1.807) is 31.5 Å². The van der Waals surface area contributed by atoms with Crippen molar-refractivity contribution < 1.29 is 23.0 Å². The lowest BCUT2D eigenvalue weighted by molar-refractivity contribution is 0.115. The lowest BCUT2D eigenvalue weighted by Gasteiger charge is -2.33. The zero-order valence-electron chi connectivity index (χ0n) is 19.9. The zero-order valence-corrected chi connectivity index (χ0v) is 19.9. The summed E-state index contributed by atoms with van der Waals surface area (Å²) >= 11 is 0. The number of hydrogen-bond donors (Lipinski definition) is 2. The fourth-order valence-corrected chi connectivity index (χ4v) is 5.17. The van der Waals surface area contributed by atoms with Crippen molar-refractivity contribution in [3.05, 3.63) is 71.4 Å². The van der Waals surface area contributed by atoms with Crippen LogP contribution in [0.25, 0.3) is 17.1 Å². The summed E-state index contributed by atoms with van der Waals surface area (Å²) in [5.74, 6) is -0.172. The number of nitrogens with zero attached hydrogens (tertiary/aromatic N) is 2. The molecule has 1 aliphatic heterocycles. The Morgan fingerprint density at radius 3 is 2.81 bits per heavy atom. The quantitative estimate of drug-likeness (QED) is 0.485. The van der Waals surface area contributed by atoms with E-state index in [9.17, 15) is 13.6 Å². The smallest absolute Gasteiger partial charge is 0.408 e. The molecule has 2 fully saturated rings. The normalized spacial score (nSPS) is 24.1. The van der Waals surface area contributed by atoms with Crippen LogP contribution in [0.3, 0.4) is 0 Å². The number of fused-ring (bicyclic) bond motifs is 1. The number of carbonyl (C=O) groups is 1. The number of benzene rings is 1. The summed E-state index contributed by atoms with van der Waals surface area (Å²) in [7, 11) is 1.56. The van der Waals surface area contributed by atoms with Crippen molar-refractivity contribution in [3.63, 3.8) is 0 Å². The van der Waals surface area contributed by atoms with Crippen molar-refractivity contribution in [1.82, 2.24) is 20.6 Å². The van der Waals surface area contributed by atoms with Gasteiger partial charge in [0, 0.05) is 36.0 Å². The summed E-state index contributed by atoms with van der Waals surface area (Å²) in [5.41, 5.74) is 2.44. The molecule has 1 amide bonds. The molecule has 5 rings (SSSR count). The van der Waals surface area contributed by atoms with Crippen LogP contribution < -0.4 is 15.4 Å². The Morgan fingerprint density at radius 2 is 2.00 bits per heavy atom. The summed E-state index contributed by atoms with van der Waals surface area (Å²) in [4.78, 5) is 21.2. The van der Waals surface area contributed by atoms with Gasteiger partial charge in [-0.1, -0.05) is 12.2 Å². The van der Waals surface area contributed by atoms with Crippen LogP contribution in [0.15, 0.2) is 48.7 Å². The third-order valence-electron chi connectivity index (χ3n) is 7.01. The van der Waals surface area contributed by atoms with Crippen LogP contribution in [-0.4, -0.2) is 41.8 Å². The van der Waals surface area contributed by atoms with Crippen LogP contribution in [0.4, 0.5) is 13.6 Å². The van der Waals surface area contributed by atoms with Gasteiger partial charge >= 0.3 is 6.09 Å². The summed E-state index contributed by atoms with van der Waals surface area (Å²) in [5, 5.41) is 6.49. The Balaban J connectivity index is 1.21. The maximum atomic E-state index is 13.8. The van der Waals surface area contributed by atoms with Crippen LogP contribution in [-0.2, 0) is 4.74 Å². The monoisotopic (exact) mass is 494 g/mol. The van der Waals surface area contributed by atoms with E-state index in [2.05, 4.69) is 20.6 Å². The minimum atomic E-state index is -0.460. The van der Waals surface area contributed by atoms with Gasteiger partial charge in [0.25, 0.3) is 0 Å². The number of carbonyl (C=O) groups excluding carboxylic acids is 1. The first-order valence-corrected chi connectivity index (χ1v) is 12.1. The van der Waals surface area contributed by atoms with Gasteiger partial charge in [-0.3, -0.25) is 4.98 Å². The molecule has 1 saturated heterocycles. The fourth-order valence-electron chi connectivity index (χ4n) is 5.17. The third kappa shape index (κ3) is 5.16. The number of cyclic esters (lactones) is 1. The molecule has 7 nitrogen and oxygen atoms in total. The molecule has 188 valence electrons. The second kappa shape index (κ2) is 10.6. The predicted octanol–water partition coefficient (Wildman–Crippen LogP) is 4.93. The number of rotatable bonds is 7. The lowest BCUT2D eigenvalue weighted by Crippen LogP contribution is -2.41. The second-order valence-electron chi connectivity index (χ2n) is 9.21. The van der Waals surface area contributed by atoms with E-state index in [-0.39, 0.29) is 17.5 Å². The topological polar surface area (TPSA) is 85.4 Å². The Labute approximate surface area is 207 Å². The number of halogens is 2. The van der Waals surface area contributed by atoms with Crippen molar-refractivity contribution in [2.24, 2.45) is 5.92 Å². The molecular weight excluding hydrogens is 466 g/mol. The highest BCUT2D eigenvalue weighted by Crippen LogP contribution is 2.39. The van der Waals surface area contributed by atoms with Crippen LogP contribution in [0, 0.1) is 17.6 Å². The fraction of sp³-hybridized carbons (Fsp3) is 0.370. The van der Waals surface area contributed by atoms with Crippen molar-refractivity contribution in [2.75, 3.05) is 13.7 Å². The summed E-state index contributed by atoms with van der Waals surface area (Å²) < 4.78 is 38.1. The number of amides is 1. The zero-order chi connectivity index (χ0) is 25.1. The van der Waals surface area contributed by atoms with E-state index in [1.165, 1.54) is 6.07 Å². The first kappa shape index (κ1) is 24.1. The molecule has 0 unspecified atom stereocenters. The SMILES string of the molecule is COc1ccc2nccc([C@@H]3OC(=O)N[C@H]3C3CCC(NCC=Cc4cc(F)ccc4F)CC3)c2n1. The van der Waals surface area contributed by atoms with E-state index in [0.717, 1.165) is 43.4 Å². The summed E-state index contributed by atoms with van der Waals surface area (Å²) in [6, 6.07) is 9.03. The molecule has 9 heteroatoms. The molecular formula is C27H28F2N4O3. The molecule has 3 aromatic rings. The number of pyridine rings is 2. The van der Waals surface area contributed by atoms with Gasteiger partial charge in [-0.15, -0.1) is 0 Å². The first-order valence-electron chi connectivity index (χ1n) is 12.1. The number of nitrogens with one attached hydrogen (secondary N) is 2. The van der Waals surface area contributed by atoms with E-state index >= 15 is 0 Å². The van der Waals surface area contributed by atoms with Gasteiger partial charge < -0.3 is 20.1 Å². The van der Waals surface area contributed by atoms with Gasteiger partial charge in [0.2, 0.25) is 5.88 Å². The van der Waals surface area contributed by atoms with E-state index in [1.807, 2.05) is 12.1 Å². The molecule has 1 aliphatic carbocycles. The van der Waals surface area contributed by atoms with Gasteiger partial charge in [0.1, 0.15) is 11.6 Å². The molecule has 3 heterocycles. The Kier molecular flexibility index (Phi) is 7.09. The molecule has 2 N–H and O–H groups in total. The van der Waals surface area contributed by atoms with Crippen LogP contribution in [0.5, 0.6) is 5.88 Å². The average molecular weight is 495 g/mol. The summed E-state index contributed by atoms with van der Waals surface area (Å²) in [6.07, 6.45) is 7.95. The Morgan fingerprint density at radius 1 is 1.17 bits per heavy atom. The Hall–Kier alpha value is -3.59. The van der Waals surface area contributed by atoms with Crippen molar-refractivity contribution in [3.8, 4) is 5.88 Å². The van der Waals surface area contributed by atoms with Crippen molar-refractivity contribution in [1.29, 1.82) is 0 Å². The average Bonchev–Trinajstić information content (AvgIpc) is 3.29. The highest BCUT2D eigenvalue weighted by Gasteiger charge is 2.42. The van der Waals surface area contributed by atoms with E-state index in [0.29, 0.717) is 29.5 Å².